The molecule has 3 aliphatic rings. The second-order valence-electron chi connectivity index (χ2n) is 10.5. The van der Waals surface area contributed by atoms with Crippen LogP contribution in [0.5, 0.6) is 5.75 Å². The summed E-state index contributed by atoms with van der Waals surface area (Å²) in [5, 5.41) is 14.4. The van der Waals surface area contributed by atoms with Crippen molar-refractivity contribution in [1.29, 1.82) is 0 Å². The number of carbonyl (C=O) groups is 1. The summed E-state index contributed by atoms with van der Waals surface area (Å²) in [5.41, 5.74) is 5.47. The topological polar surface area (TPSA) is 75.8 Å². The Morgan fingerprint density at radius 3 is 2.41 bits per heavy atom. The van der Waals surface area contributed by atoms with Crippen LogP contribution in [0, 0.1) is 5.41 Å². The monoisotopic (exact) mass is 538 g/mol. The second kappa shape index (κ2) is 9.73. The van der Waals surface area contributed by atoms with Gasteiger partial charge >= 0.3 is 5.97 Å². The average Bonchev–Trinajstić information content (AvgIpc) is 3.64. The molecule has 1 spiro atoms. The molecule has 2 aliphatic carbocycles. The van der Waals surface area contributed by atoms with Crippen molar-refractivity contribution < 1.29 is 19.2 Å². The first-order chi connectivity index (χ1) is 17.9. The maximum Gasteiger partial charge on any atom is 0.341 e. The Morgan fingerprint density at radius 1 is 1.11 bits per heavy atom. The van der Waals surface area contributed by atoms with E-state index in [9.17, 15) is 4.79 Å². The molecule has 2 aromatic carbocycles. The van der Waals surface area contributed by atoms with E-state index in [2.05, 4.69) is 16.1 Å². The van der Waals surface area contributed by atoms with Gasteiger partial charge in [0.1, 0.15) is 17.2 Å². The highest BCUT2D eigenvalue weighted by Crippen LogP contribution is 2.54. The summed E-state index contributed by atoms with van der Waals surface area (Å²) in [6.45, 7) is 1.68. The number of rotatable bonds is 7. The van der Waals surface area contributed by atoms with Crippen LogP contribution in [0.3, 0.4) is 0 Å². The van der Waals surface area contributed by atoms with Crippen molar-refractivity contribution in [3.05, 3.63) is 69.4 Å². The minimum atomic E-state index is -0.976. The first-order valence-corrected chi connectivity index (χ1v) is 13.5. The number of hydrogen-bond acceptors (Lipinski definition) is 5. The van der Waals surface area contributed by atoms with E-state index in [1.807, 2.05) is 42.5 Å². The minimum absolute atomic E-state index is 0.328. The Morgan fingerprint density at radius 2 is 1.78 bits per heavy atom. The van der Waals surface area contributed by atoms with Gasteiger partial charge in [0.25, 0.3) is 0 Å². The van der Waals surface area contributed by atoms with Gasteiger partial charge in [0.15, 0.2) is 6.61 Å². The summed E-state index contributed by atoms with van der Waals surface area (Å²) < 4.78 is 11.1. The third-order valence-electron chi connectivity index (χ3n) is 7.84. The summed E-state index contributed by atoms with van der Waals surface area (Å²) in [6.07, 6.45) is 9.02. The number of hydrogen-bond donors (Lipinski definition) is 1. The van der Waals surface area contributed by atoms with E-state index in [1.54, 1.807) is 0 Å². The molecule has 0 unspecified atom stereocenters. The highest BCUT2D eigenvalue weighted by molar-refractivity contribution is 6.39. The Labute approximate surface area is 225 Å². The predicted molar refractivity (Wildman–Crippen MR) is 145 cm³/mol. The van der Waals surface area contributed by atoms with Crippen molar-refractivity contribution in [2.24, 2.45) is 5.41 Å². The summed E-state index contributed by atoms with van der Waals surface area (Å²) in [4.78, 5) is 13.1. The van der Waals surface area contributed by atoms with Gasteiger partial charge in [-0.05, 0) is 86.4 Å². The third-order valence-corrected chi connectivity index (χ3v) is 8.47. The molecule has 3 fully saturated rings. The fourth-order valence-electron chi connectivity index (χ4n) is 5.70. The van der Waals surface area contributed by atoms with E-state index in [0.717, 1.165) is 79.9 Å². The van der Waals surface area contributed by atoms with Gasteiger partial charge in [0, 0.05) is 35.8 Å². The molecule has 6 rings (SSSR count). The van der Waals surface area contributed by atoms with Crippen LogP contribution < -0.4 is 9.64 Å². The van der Waals surface area contributed by atoms with E-state index in [1.165, 1.54) is 5.57 Å². The minimum Gasteiger partial charge on any atom is -0.482 e. The Bertz CT molecular complexity index is 1320. The summed E-state index contributed by atoms with van der Waals surface area (Å²) in [7, 11) is 0. The lowest BCUT2D eigenvalue weighted by Crippen LogP contribution is -2.44. The van der Waals surface area contributed by atoms with E-state index in [4.69, 9.17) is 37.6 Å². The number of benzene rings is 2. The number of halogens is 2. The van der Waals surface area contributed by atoms with Crippen molar-refractivity contribution >= 4 is 40.9 Å². The molecule has 1 aliphatic heterocycles. The molecule has 1 N–H and O–H groups in total. The van der Waals surface area contributed by atoms with Gasteiger partial charge in [0.2, 0.25) is 0 Å². The van der Waals surface area contributed by atoms with Gasteiger partial charge in [-0.15, -0.1) is 0 Å². The first-order valence-electron chi connectivity index (χ1n) is 12.7. The van der Waals surface area contributed by atoms with Crippen LogP contribution in [0.15, 0.2) is 52.6 Å². The number of anilines is 1. The lowest BCUT2D eigenvalue weighted by atomic mass is 9.60. The largest absolute Gasteiger partial charge is 0.482 e. The van der Waals surface area contributed by atoms with Gasteiger partial charge in [-0.2, -0.15) is 0 Å². The second-order valence-corrected chi connectivity index (χ2v) is 11.3. The maximum atomic E-state index is 10.7. The van der Waals surface area contributed by atoms with Crippen LogP contribution in [0.2, 0.25) is 10.0 Å². The molecule has 1 aromatic heterocycles. The zero-order valence-electron chi connectivity index (χ0n) is 20.4. The molecule has 0 bridgehead atoms. The number of piperidine rings is 1. The highest BCUT2D eigenvalue weighted by Gasteiger charge is 2.43. The van der Waals surface area contributed by atoms with E-state index in [0.29, 0.717) is 27.1 Å². The Hall–Kier alpha value is -2.96. The number of aromatic nitrogens is 1. The zero-order valence-corrected chi connectivity index (χ0v) is 21.9. The third kappa shape index (κ3) is 4.97. The summed E-state index contributed by atoms with van der Waals surface area (Å²) in [5.74, 6) is 0.999. The zero-order chi connectivity index (χ0) is 25.6. The van der Waals surface area contributed by atoms with E-state index in [-0.39, 0.29) is 6.61 Å². The van der Waals surface area contributed by atoms with Gasteiger partial charge in [0.05, 0.1) is 10.0 Å². The molecule has 8 heteroatoms. The first kappa shape index (κ1) is 24.4. The quantitative estimate of drug-likeness (QED) is 0.336. The highest BCUT2D eigenvalue weighted by atomic mass is 35.5. The van der Waals surface area contributed by atoms with Crippen LogP contribution in [0.4, 0.5) is 5.69 Å². The van der Waals surface area contributed by atoms with Gasteiger partial charge in [-0.3, -0.25) is 0 Å². The van der Waals surface area contributed by atoms with Crippen LogP contribution in [-0.2, 0) is 4.79 Å². The molecule has 3 aromatic rings. The van der Waals surface area contributed by atoms with Crippen LogP contribution in [-0.4, -0.2) is 35.9 Å². The molecule has 2 saturated carbocycles. The smallest absolute Gasteiger partial charge is 0.341 e. The lowest BCUT2D eigenvalue weighted by molar-refractivity contribution is -0.139. The SMILES string of the molecule is O=C(O)COc1ccc(N2CCC3(CC2)CC(=Cc2c(-c4c(Cl)cccc4Cl)noc2C2CC2)C3)cc1. The maximum absolute atomic E-state index is 10.7. The van der Waals surface area contributed by atoms with Crippen LogP contribution >= 0.6 is 23.2 Å². The average molecular weight is 539 g/mol. The molecule has 6 nitrogen and oxygen atoms in total. The standard InChI is InChI=1S/C29H28Cl2N2O4/c30-23-2-1-3-24(31)26(23)27-22(28(37-32-27)19-4-5-19)14-18-15-29(16-18)10-12-33(13-11-29)20-6-8-21(9-7-20)36-17-25(34)35/h1-3,6-9,14,19H,4-5,10-13,15-17H2,(H,34,35). The molecule has 0 amide bonds. The molecular weight excluding hydrogens is 511 g/mol. The number of aliphatic carboxylic acids is 1. The molecule has 37 heavy (non-hydrogen) atoms. The number of carboxylic acid groups (broad SMARTS) is 1. The van der Waals surface area contributed by atoms with Gasteiger partial charge < -0.3 is 19.3 Å². The van der Waals surface area contributed by atoms with E-state index < -0.39 is 5.97 Å². The number of carboxylic acids is 1. The number of allylic oxidation sites excluding steroid dienone is 1. The summed E-state index contributed by atoms with van der Waals surface area (Å²) in [6, 6.07) is 13.2. The number of nitrogens with zero attached hydrogens (tertiary/aromatic N) is 2. The molecule has 0 atom stereocenters. The molecule has 192 valence electrons. The fourth-order valence-corrected chi connectivity index (χ4v) is 6.28. The van der Waals surface area contributed by atoms with Crippen molar-refractivity contribution in [2.75, 3.05) is 24.6 Å². The summed E-state index contributed by atoms with van der Waals surface area (Å²) >= 11 is 13.0. The fraction of sp³-hybridized carbons (Fsp3) is 0.379. The molecular formula is C29H28Cl2N2O4. The van der Waals surface area contributed by atoms with Gasteiger partial charge in [-0.25, -0.2) is 4.79 Å². The van der Waals surface area contributed by atoms with Crippen LogP contribution in [0.1, 0.15) is 55.8 Å². The molecule has 1 saturated heterocycles. The normalized spacial score (nSPS) is 18.5. The number of ether oxygens (including phenoxy) is 1. The molecule has 2 heterocycles. The van der Waals surface area contributed by atoms with Gasteiger partial charge in [-0.1, -0.05) is 40.0 Å². The molecule has 0 radical (unpaired) electrons. The Kier molecular flexibility index (Phi) is 6.41. The van der Waals surface area contributed by atoms with Crippen molar-refractivity contribution in [2.45, 2.75) is 44.4 Å². The lowest BCUT2D eigenvalue weighted by Gasteiger charge is -2.50. The van der Waals surface area contributed by atoms with Crippen molar-refractivity contribution in [3.63, 3.8) is 0 Å². The predicted octanol–water partition coefficient (Wildman–Crippen LogP) is 7.45. The van der Waals surface area contributed by atoms with Crippen LogP contribution in [0.25, 0.3) is 17.3 Å². The Balaban J connectivity index is 1.13. The van der Waals surface area contributed by atoms with Crippen molar-refractivity contribution in [1.82, 2.24) is 5.16 Å². The van der Waals surface area contributed by atoms with Crippen molar-refractivity contribution in [3.8, 4) is 17.0 Å². The van der Waals surface area contributed by atoms with E-state index >= 15 is 0 Å².